The average molecular weight is 228 g/mol. The van der Waals surface area contributed by atoms with Gasteiger partial charge < -0.3 is 10.8 Å². The van der Waals surface area contributed by atoms with Crippen LogP contribution in [0.25, 0.3) is 0 Å². The molecule has 1 rings (SSSR count). The lowest BCUT2D eigenvalue weighted by molar-refractivity contribution is -0.141. The molecule has 0 spiro atoms. The number of halogens is 1. The third-order valence-corrected chi connectivity index (χ3v) is 2.73. The van der Waals surface area contributed by atoms with Gasteiger partial charge in [0.2, 0.25) is 0 Å². The van der Waals surface area contributed by atoms with E-state index in [0.29, 0.717) is 23.6 Å². The molecule has 0 heterocycles. The van der Waals surface area contributed by atoms with Crippen molar-refractivity contribution in [3.63, 3.8) is 0 Å². The van der Waals surface area contributed by atoms with E-state index >= 15 is 0 Å². The van der Waals surface area contributed by atoms with Gasteiger partial charge in [0.25, 0.3) is 0 Å². The van der Waals surface area contributed by atoms with Crippen molar-refractivity contribution in [2.24, 2.45) is 5.92 Å². The van der Waals surface area contributed by atoms with E-state index in [9.17, 15) is 4.79 Å². The number of nitrogens with two attached hydrogens (primary N) is 1. The first kappa shape index (κ1) is 11.9. The van der Waals surface area contributed by atoms with Crippen molar-refractivity contribution < 1.29 is 9.90 Å². The van der Waals surface area contributed by atoms with Crippen molar-refractivity contribution in [2.45, 2.75) is 19.8 Å². The highest BCUT2D eigenvalue weighted by atomic mass is 35.5. The van der Waals surface area contributed by atoms with Gasteiger partial charge in [-0.2, -0.15) is 0 Å². The largest absolute Gasteiger partial charge is 0.481 e. The van der Waals surface area contributed by atoms with Crippen molar-refractivity contribution in [3.8, 4) is 0 Å². The highest BCUT2D eigenvalue weighted by Crippen LogP contribution is 2.22. The topological polar surface area (TPSA) is 63.3 Å². The molecule has 0 aliphatic carbocycles. The first-order valence-electron chi connectivity index (χ1n) is 4.81. The first-order valence-corrected chi connectivity index (χ1v) is 5.19. The summed E-state index contributed by atoms with van der Waals surface area (Å²) in [4.78, 5) is 10.8. The minimum absolute atomic E-state index is 0.356. The van der Waals surface area contributed by atoms with E-state index in [0.717, 1.165) is 5.56 Å². The Morgan fingerprint density at radius 2 is 2.27 bits per heavy atom. The predicted octanol–water partition coefficient (Wildman–Crippen LogP) is 2.58. The van der Waals surface area contributed by atoms with E-state index in [1.165, 1.54) is 0 Å². The predicted molar refractivity (Wildman–Crippen MR) is 61.0 cm³/mol. The summed E-state index contributed by atoms with van der Waals surface area (Å²) in [6, 6.07) is 5.24. The molecule has 4 heteroatoms. The SMILES string of the molecule is CC[C@H](Cc1ccc(Cl)c(N)c1)C(=O)O. The van der Waals surface area contributed by atoms with E-state index < -0.39 is 5.97 Å². The Morgan fingerprint density at radius 3 is 2.73 bits per heavy atom. The molecule has 0 bridgehead atoms. The van der Waals surface area contributed by atoms with Crippen LogP contribution in [-0.2, 0) is 11.2 Å². The zero-order valence-electron chi connectivity index (χ0n) is 8.53. The molecular formula is C11H14ClNO2. The van der Waals surface area contributed by atoms with Gasteiger partial charge in [-0.3, -0.25) is 4.79 Å². The first-order chi connectivity index (χ1) is 7.04. The van der Waals surface area contributed by atoms with Crippen LogP contribution in [0.4, 0.5) is 5.69 Å². The van der Waals surface area contributed by atoms with Gasteiger partial charge in [-0.1, -0.05) is 24.6 Å². The number of aliphatic carboxylic acids is 1. The summed E-state index contributed by atoms with van der Waals surface area (Å²) in [5, 5.41) is 9.40. The van der Waals surface area contributed by atoms with Crippen molar-refractivity contribution in [2.75, 3.05) is 5.73 Å². The Hall–Kier alpha value is -1.22. The highest BCUT2D eigenvalue weighted by molar-refractivity contribution is 6.33. The maximum Gasteiger partial charge on any atom is 0.306 e. The lowest BCUT2D eigenvalue weighted by Gasteiger charge is -2.10. The molecule has 0 amide bonds. The molecule has 0 fully saturated rings. The van der Waals surface area contributed by atoms with Crippen LogP contribution in [0.1, 0.15) is 18.9 Å². The number of carboxylic acids is 1. The van der Waals surface area contributed by atoms with E-state index in [4.69, 9.17) is 22.4 Å². The second-order valence-electron chi connectivity index (χ2n) is 3.50. The van der Waals surface area contributed by atoms with E-state index in [1.54, 1.807) is 12.1 Å². The van der Waals surface area contributed by atoms with Crippen LogP contribution in [0.3, 0.4) is 0 Å². The summed E-state index contributed by atoms with van der Waals surface area (Å²) in [7, 11) is 0. The molecule has 3 nitrogen and oxygen atoms in total. The van der Waals surface area contributed by atoms with Gasteiger partial charge in [0, 0.05) is 0 Å². The van der Waals surface area contributed by atoms with Gasteiger partial charge in [-0.25, -0.2) is 0 Å². The zero-order valence-corrected chi connectivity index (χ0v) is 9.29. The fraction of sp³-hybridized carbons (Fsp3) is 0.364. The highest BCUT2D eigenvalue weighted by Gasteiger charge is 2.15. The Morgan fingerprint density at radius 1 is 1.60 bits per heavy atom. The second kappa shape index (κ2) is 5.03. The normalized spacial score (nSPS) is 12.4. The number of rotatable bonds is 4. The maximum atomic E-state index is 10.8. The summed E-state index contributed by atoms with van der Waals surface area (Å²) in [5.41, 5.74) is 7.04. The Balaban J connectivity index is 2.80. The number of anilines is 1. The fourth-order valence-electron chi connectivity index (χ4n) is 1.41. The zero-order chi connectivity index (χ0) is 11.4. The number of benzene rings is 1. The second-order valence-corrected chi connectivity index (χ2v) is 3.91. The summed E-state index contributed by atoms with van der Waals surface area (Å²) in [5.74, 6) is -1.13. The molecule has 1 aromatic carbocycles. The molecule has 0 radical (unpaired) electrons. The Bertz CT molecular complexity index is 366. The van der Waals surface area contributed by atoms with Crippen molar-refractivity contribution in [1.29, 1.82) is 0 Å². The lowest BCUT2D eigenvalue weighted by atomic mass is 9.97. The van der Waals surface area contributed by atoms with Crippen LogP contribution in [0.5, 0.6) is 0 Å². The molecule has 1 atom stereocenters. The van der Waals surface area contributed by atoms with Gasteiger partial charge in [0.1, 0.15) is 0 Å². The van der Waals surface area contributed by atoms with Crippen LogP contribution >= 0.6 is 11.6 Å². The molecule has 3 N–H and O–H groups in total. The molecule has 1 aromatic rings. The Kier molecular flexibility index (Phi) is 3.97. The third kappa shape index (κ3) is 3.13. The van der Waals surface area contributed by atoms with Crippen molar-refractivity contribution >= 4 is 23.3 Å². The molecule has 15 heavy (non-hydrogen) atoms. The van der Waals surface area contributed by atoms with E-state index in [2.05, 4.69) is 0 Å². The average Bonchev–Trinajstić information content (AvgIpc) is 2.19. The third-order valence-electron chi connectivity index (χ3n) is 2.38. The van der Waals surface area contributed by atoms with E-state index in [1.807, 2.05) is 13.0 Å². The van der Waals surface area contributed by atoms with Gasteiger partial charge in [0.15, 0.2) is 0 Å². The minimum Gasteiger partial charge on any atom is -0.481 e. The lowest BCUT2D eigenvalue weighted by Crippen LogP contribution is -2.15. The summed E-state index contributed by atoms with van der Waals surface area (Å²) >= 11 is 5.77. The summed E-state index contributed by atoms with van der Waals surface area (Å²) < 4.78 is 0. The molecule has 0 aliphatic rings. The van der Waals surface area contributed by atoms with Crippen LogP contribution in [0.2, 0.25) is 5.02 Å². The molecule has 0 aliphatic heterocycles. The van der Waals surface area contributed by atoms with Crippen molar-refractivity contribution in [1.82, 2.24) is 0 Å². The van der Waals surface area contributed by atoms with E-state index in [-0.39, 0.29) is 5.92 Å². The minimum atomic E-state index is -0.772. The molecule has 0 saturated carbocycles. The number of carbonyl (C=O) groups is 1. The maximum absolute atomic E-state index is 10.8. The van der Waals surface area contributed by atoms with Gasteiger partial charge in [0.05, 0.1) is 16.6 Å². The van der Waals surface area contributed by atoms with Gasteiger partial charge >= 0.3 is 5.97 Å². The Labute approximate surface area is 93.9 Å². The molecule has 0 saturated heterocycles. The summed E-state index contributed by atoms with van der Waals surface area (Å²) in [6.07, 6.45) is 1.10. The fourth-order valence-corrected chi connectivity index (χ4v) is 1.53. The monoisotopic (exact) mass is 227 g/mol. The molecular weight excluding hydrogens is 214 g/mol. The van der Waals surface area contributed by atoms with Gasteiger partial charge in [-0.05, 0) is 30.5 Å². The standard InChI is InChI=1S/C11H14ClNO2/c1-2-8(11(14)15)5-7-3-4-9(12)10(13)6-7/h3-4,6,8H,2,5,13H2,1H3,(H,14,15)/t8-/m1/s1. The summed E-state index contributed by atoms with van der Waals surface area (Å²) in [6.45, 7) is 1.86. The number of nitrogen functional groups attached to an aromatic ring is 1. The number of carboxylic acid groups (broad SMARTS) is 1. The molecule has 82 valence electrons. The number of hydrogen-bond acceptors (Lipinski definition) is 2. The molecule has 0 aromatic heterocycles. The van der Waals surface area contributed by atoms with Crippen LogP contribution in [-0.4, -0.2) is 11.1 Å². The van der Waals surface area contributed by atoms with Crippen LogP contribution in [0.15, 0.2) is 18.2 Å². The van der Waals surface area contributed by atoms with Gasteiger partial charge in [-0.15, -0.1) is 0 Å². The number of hydrogen-bond donors (Lipinski definition) is 2. The van der Waals surface area contributed by atoms with Crippen LogP contribution in [0, 0.1) is 5.92 Å². The van der Waals surface area contributed by atoms with Crippen LogP contribution < -0.4 is 5.73 Å². The quantitative estimate of drug-likeness (QED) is 0.778. The molecule has 0 unspecified atom stereocenters. The van der Waals surface area contributed by atoms with Crippen molar-refractivity contribution in [3.05, 3.63) is 28.8 Å². The smallest absolute Gasteiger partial charge is 0.306 e.